The van der Waals surface area contributed by atoms with E-state index >= 15 is 0 Å². The number of H-pyrrole nitrogens is 2. The lowest BCUT2D eigenvalue weighted by molar-refractivity contribution is -0.137. The molecule has 3 heterocycles. The Morgan fingerprint density at radius 1 is 0.763 bits per heavy atom. The SMILES string of the molecule is CCCC[C@H](NC(C)=O)C(=O)N[C@@H]1CSSC[C@H](C(N)=O)NC(=O)[C@H](Cc2c[nH]c3ccccc23)NC(=O)[C@H](CCCN=C(N)N)NC(=O)[C@@H](Cc2ccccc2)NC(=O)[C@H](Cc2cnc[nH]2)NC(=O)C(C)(C)NC1=O. The molecule has 0 unspecified atom stereocenters. The Morgan fingerprint density at radius 3 is 2.05 bits per heavy atom. The predicted octanol–water partition coefficient (Wildman–Crippen LogP) is -0.649. The van der Waals surface area contributed by atoms with Crippen molar-refractivity contribution in [1.82, 2.24) is 57.5 Å². The zero-order valence-electron chi connectivity index (χ0n) is 42.9. The van der Waals surface area contributed by atoms with Crippen molar-refractivity contribution >= 4 is 91.6 Å². The third kappa shape index (κ3) is 18.3. The summed E-state index contributed by atoms with van der Waals surface area (Å²) in [4.78, 5) is 140. The number of carbonyl (C=O) groups is 9. The van der Waals surface area contributed by atoms with E-state index in [4.69, 9.17) is 17.2 Å². The van der Waals surface area contributed by atoms with E-state index in [2.05, 4.69) is 62.5 Å². The Kier molecular flexibility index (Phi) is 22.5. The standard InChI is InChI=1S/C50H69N15O9S2/c1-5-6-16-34(58-28(2)66)42(68)63-40-26-76-75-25-39(41(51)67)62-45(71)37(21-30-23-56-33-17-11-10-15-32(30)33)61-43(69)35(18-12-19-55-49(52)53)59-44(70)36(20-29-13-8-7-9-14-29)60-46(72)38(22-31-24-54-27-57-31)64-48(74)50(3,4)65-47(40)73/h7-11,13-15,17,23-24,27,34-40,56H,5-6,12,16,18-22,25-26H2,1-4H3,(H2,51,67)(H,54,57)(H,58,66)(H,59,70)(H,60,72)(H,61,69)(H,62,71)(H,63,68)(H,64,74)(H,65,73)(H4,52,53,55)/t34-,35-,36+,37-,38-,39+,40+/m0/s1. The number of unbranched alkanes of at least 4 members (excludes halogenated alkanes) is 1. The Labute approximate surface area is 447 Å². The second kappa shape index (κ2) is 28.9. The van der Waals surface area contributed by atoms with E-state index < -0.39 is 101 Å². The summed E-state index contributed by atoms with van der Waals surface area (Å²) in [5, 5.41) is 22.5. The molecule has 410 valence electrons. The van der Waals surface area contributed by atoms with Gasteiger partial charge in [0.1, 0.15) is 47.8 Å². The van der Waals surface area contributed by atoms with Crippen molar-refractivity contribution in [1.29, 1.82) is 0 Å². The number of nitrogens with one attached hydrogen (secondary N) is 10. The highest BCUT2D eigenvalue weighted by atomic mass is 33.1. The molecule has 24 nitrogen and oxygen atoms in total. The molecule has 1 aliphatic rings. The fourth-order valence-electron chi connectivity index (χ4n) is 8.07. The van der Waals surface area contributed by atoms with Crippen molar-refractivity contribution in [2.45, 2.75) is 127 Å². The van der Waals surface area contributed by atoms with Crippen molar-refractivity contribution in [2.75, 3.05) is 18.1 Å². The Morgan fingerprint density at radius 2 is 1.39 bits per heavy atom. The molecular weight excluding hydrogens is 1020 g/mol. The number of nitrogens with two attached hydrogens (primary N) is 3. The molecule has 7 atom stereocenters. The van der Waals surface area contributed by atoms with Gasteiger partial charge in [-0.25, -0.2) is 4.98 Å². The van der Waals surface area contributed by atoms with Crippen LogP contribution >= 0.6 is 21.6 Å². The number of aliphatic imine (C=N–C) groups is 1. The maximum absolute atomic E-state index is 14.7. The molecular formula is C50H69N15O9S2. The first kappa shape index (κ1) is 59.3. The number of imidazole rings is 1. The normalized spacial score (nSPS) is 21.8. The van der Waals surface area contributed by atoms with Crippen LogP contribution in [0, 0.1) is 0 Å². The quantitative estimate of drug-likeness (QED) is 0.0271. The summed E-state index contributed by atoms with van der Waals surface area (Å²) >= 11 is 0. The molecule has 2 aromatic heterocycles. The number of amides is 9. The molecule has 5 rings (SSSR count). The number of aromatic amines is 2. The van der Waals surface area contributed by atoms with Gasteiger partial charge in [0.15, 0.2) is 5.96 Å². The van der Waals surface area contributed by atoms with Gasteiger partial charge >= 0.3 is 0 Å². The average Bonchev–Trinajstić information content (AvgIpc) is 4.05. The third-order valence-electron chi connectivity index (χ3n) is 12.2. The maximum Gasteiger partial charge on any atom is 0.245 e. The van der Waals surface area contributed by atoms with E-state index in [9.17, 15) is 43.2 Å². The summed E-state index contributed by atoms with van der Waals surface area (Å²) in [7, 11) is 2.09. The van der Waals surface area contributed by atoms with Gasteiger partial charge in [-0.15, -0.1) is 0 Å². The first-order valence-corrected chi connectivity index (χ1v) is 27.3. The van der Waals surface area contributed by atoms with Crippen LogP contribution in [0.15, 0.2) is 78.3 Å². The molecule has 9 amide bonds. The largest absolute Gasteiger partial charge is 0.370 e. The van der Waals surface area contributed by atoms with Gasteiger partial charge in [0, 0.05) is 73.2 Å². The fraction of sp³-hybridized carbons (Fsp3) is 0.460. The lowest BCUT2D eigenvalue weighted by Crippen LogP contribution is -2.63. The summed E-state index contributed by atoms with van der Waals surface area (Å²) < 4.78 is 0. The minimum Gasteiger partial charge on any atom is -0.370 e. The van der Waals surface area contributed by atoms with Crippen molar-refractivity contribution in [3.05, 3.63) is 90.1 Å². The predicted molar refractivity (Wildman–Crippen MR) is 289 cm³/mol. The highest BCUT2D eigenvalue weighted by Gasteiger charge is 2.38. The van der Waals surface area contributed by atoms with E-state index in [-0.39, 0.29) is 62.5 Å². The number of primary amides is 1. The lowest BCUT2D eigenvalue weighted by Gasteiger charge is -2.31. The molecule has 2 aromatic carbocycles. The van der Waals surface area contributed by atoms with Crippen LogP contribution in [0.1, 0.15) is 76.6 Å². The molecule has 0 radical (unpaired) electrons. The van der Waals surface area contributed by atoms with Crippen LogP contribution in [-0.4, -0.2) is 140 Å². The lowest BCUT2D eigenvalue weighted by atomic mass is 10.0. The van der Waals surface area contributed by atoms with Crippen LogP contribution in [0.2, 0.25) is 0 Å². The summed E-state index contributed by atoms with van der Waals surface area (Å²) in [6.07, 6.45) is 5.86. The maximum atomic E-state index is 14.7. The highest BCUT2D eigenvalue weighted by Crippen LogP contribution is 2.25. The fourth-order valence-corrected chi connectivity index (χ4v) is 10.4. The van der Waals surface area contributed by atoms with Gasteiger partial charge in [0.25, 0.3) is 0 Å². The number of fused-ring (bicyclic) bond motifs is 1. The zero-order chi connectivity index (χ0) is 55.4. The molecule has 1 aliphatic heterocycles. The third-order valence-corrected chi connectivity index (χ3v) is 14.6. The second-order valence-electron chi connectivity index (χ2n) is 18.8. The number of para-hydroxylation sites is 1. The van der Waals surface area contributed by atoms with Crippen LogP contribution in [-0.2, 0) is 62.4 Å². The van der Waals surface area contributed by atoms with Gasteiger partial charge in [-0.05, 0) is 50.3 Å². The van der Waals surface area contributed by atoms with Gasteiger partial charge in [0.05, 0.1) is 6.33 Å². The van der Waals surface area contributed by atoms with Crippen LogP contribution in [0.25, 0.3) is 10.9 Å². The van der Waals surface area contributed by atoms with E-state index in [0.29, 0.717) is 29.7 Å². The Hall–Kier alpha value is -7.61. The summed E-state index contributed by atoms with van der Waals surface area (Å²) in [6.45, 7) is 6.03. The Balaban J connectivity index is 1.58. The second-order valence-corrected chi connectivity index (χ2v) is 21.3. The van der Waals surface area contributed by atoms with Crippen LogP contribution in [0.5, 0.6) is 0 Å². The van der Waals surface area contributed by atoms with Gasteiger partial charge in [-0.2, -0.15) is 0 Å². The molecule has 4 aromatic rings. The molecule has 0 aliphatic carbocycles. The first-order valence-electron chi connectivity index (χ1n) is 24.8. The van der Waals surface area contributed by atoms with E-state index in [1.54, 1.807) is 36.5 Å². The van der Waals surface area contributed by atoms with Crippen molar-refractivity contribution in [3.63, 3.8) is 0 Å². The number of guanidine groups is 1. The van der Waals surface area contributed by atoms with Gasteiger partial charge < -0.3 is 69.7 Å². The van der Waals surface area contributed by atoms with E-state index in [1.807, 2.05) is 31.2 Å². The van der Waals surface area contributed by atoms with Crippen LogP contribution in [0.4, 0.5) is 0 Å². The molecule has 76 heavy (non-hydrogen) atoms. The van der Waals surface area contributed by atoms with E-state index in [1.165, 1.54) is 33.3 Å². The zero-order valence-corrected chi connectivity index (χ0v) is 44.5. The van der Waals surface area contributed by atoms with E-state index in [0.717, 1.165) is 32.5 Å². The number of carbonyl (C=O) groups excluding carboxylic acids is 9. The number of benzene rings is 2. The number of aromatic nitrogens is 3. The number of hydrogen-bond acceptors (Lipinski definition) is 13. The molecule has 0 spiro atoms. The summed E-state index contributed by atoms with van der Waals surface area (Å²) in [5.41, 5.74) is 17.7. The molecule has 0 bridgehead atoms. The monoisotopic (exact) mass is 1090 g/mol. The van der Waals surface area contributed by atoms with Crippen molar-refractivity contribution < 1.29 is 43.2 Å². The molecule has 26 heteroatoms. The average molecular weight is 1090 g/mol. The summed E-state index contributed by atoms with van der Waals surface area (Å²) in [6, 6.07) is 6.88. The van der Waals surface area contributed by atoms with Gasteiger partial charge in [0.2, 0.25) is 53.2 Å². The topological polar surface area (TPSA) is 385 Å². The minimum atomic E-state index is -1.76. The van der Waals surface area contributed by atoms with Gasteiger partial charge in [-0.1, -0.05) is 89.9 Å². The molecule has 16 N–H and O–H groups in total. The van der Waals surface area contributed by atoms with Crippen molar-refractivity contribution in [2.24, 2.45) is 22.2 Å². The highest BCUT2D eigenvalue weighted by molar-refractivity contribution is 8.76. The van der Waals surface area contributed by atoms with Crippen LogP contribution < -0.4 is 59.7 Å². The number of hydrogen-bond donors (Lipinski definition) is 13. The molecule has 1 fully saturated rings. The smallest absolute Gasteiger partial charge is 0.245 e. The summed E-state index contributed by atoms with van der Waals surface area (Å²) in [5.74, 6) is -7.40. The van der Waals surface area contributed by atoms with Gasteiger partial charge in [-0.3, -0.25) is 48.1 Å². The first-order chi connectivity index (χ1) is 36.2. The minimum absolute atomic E-state index is 0.0487. The Bertz CT molecular complexity index is 2680. The van der Waals surface area contributed by atoms with Crippen molar-refractivity contribution in [3.8, 4) is 0 Å². The van der Waals surface area contributed by atoms with Crippen LogP contribution in [0.3, 0.4) is 0 Å². The molecule has 1 saturated heterocycles. The molecule has 0 saturated carbocycles. The number of rotatable bonds is 17. The number of nitrogens with zero attached hydrogens (tertiary/aromatic N) is 2.